The van der Waals surface area contributed by atoms with E-state index >= 15 is 0 Å². The molecule has 1 aromatic heterocycles. The fraction of sp³-hybridized carbons (Fsp3) is 0.167. The maximum Gasteiger partial charge on any atom is 0.179 e. The average molecular weight is 135 g/mol. The van der Waals surface area contributed by atoms with Gasteiger partial charge < -0.3 is 4.74 Å². The molecule has 50 valence electrons. The molecule has 10 heavy (non-hydrogen) atoms. The highest BCUT2D eigenvalue weighted by Crippen LogP contribution is 1.77. The molecule has 0 fully saturated rings. The van der Waals surface area contributed by atoms with Gasteiger partial charge in [0.2, 0.25) is 0 Å². The second-order valence-electron chi connectivity index (χ2n) is 1.86. The van der Waals surface area contributed by atoms with E-state index in [4.69, 9.17) is 4.74 Å². The van der Waals surface area contributed by atoms with Gasteiger partial charge in [-0.25, -0.2) is 15.0 Å². The molecule has 4 nitrogen and oxygen atoms in total. The molecule has 0 saturated carbocycles. The molecule has 0 aliphatic carbocycles. The number of aromatic nitrogens is 2. The van der Waals surface area contributed by atoms with Crippen LogP contribution in [0.25, 0.3) is 6.26 Å². The van der Waals surface area contributed by atoms with E-state index in [2.05, 4.69) is 15.0 Å². The van der Waals surface area contributed by atoms with E-state index in [0.29, 0.717) is 6.73 Å². The van der Waals surface area contributed by atoms with E-state index < -0.39 is 0 Å². The first-order chi connectivity index (χ1) is 4.97. The van der Waals surface area contributed by atoms with Gasteiger partial charge in [0.1, 0.15) is 23.3 Å². The van der Waals surface area contributed by atoms with Gasteiger partial charge in [0, 0.05) is 0 Å². The minimum Gasteiger partial charge on any atom is -0.477 e. The summed E-state index contributed by atoms with van der Waals surface area (Å²) in [6, 6.07) is 0. The molecule has 2 heterocycles. The summed E-state index contributed by atoms with van der Waals surface area (Å²) in [6.07, 6.45) is 4.73. The lowest BCUT2D eigenvalue weighted by Crippen LogP contribution is -2.31. The van der Waals surface area contributed by atoms with Crippen molar-refractivity contribution in [3.63, 3.8) is 0 Å². The summed E-state index contributed by atoms with van der Waals surface area (Å²) in [4.78, 5) is 11.8. The highest BCUT2D eigenvalue weighted by atomic mass is 16.5. The van der Waals surface area contributed by atoms with Crippen LogP contribution in [-0.2, 0) is 4.74 Å². The molecule has 0 aromatic carbocycles. The summed E-state index contributed by atoms with van der Waals surface area (Å²) < 4.78 is 4.91. The van der Waals surface area contributed by atoms with Crippen LogP contribution in [0.2, 0.25) is 0 Å². The normalized spacial score (nSPS) is 14.0. The van der Waals surface area contributed by atoms with Crippen LogP contribution < -0.4 is 10.7 Å². The van der Waals surface area contributed by atoms with Crippen LogP contribution >= 0.6 is 0 Å². The van der Waals surface area contributed by atoms with Crippen LogP contribution in [0.1, 0.15) is 0 Å². The molecule has 4 heteroatoms. The average Bonchev–Trinajstić information content (AvgIpc) is 2.05. The number of nitrogens with zero attached hydrogens (tertiary/aromatic N) is 3. The van der Waals surface area contributed by atoms with Crippen molar-refractivity contribution in [2.24, 2.45) is 4.99 Å². The van der Waals surface area contributed by atoms with Crippen LogP contribution in [0.3, 0.4) is 0 Å². The van der Waals surface area contributed by atoms with Crippen molar-refractivity contribution < 1.29 is 4.74 Å². The molecule has 0 saturated heterocycles. The molecule has 0 amide bonds. The minimum absolute atomic E-state index is 0.375. The van der Waals surface area contributed by atoms with E-state index in [0.717, 1.165) is 10.7 Å². The van der Waals surface area contributed by atoms with E-state index in [9.17, 15) is 0 Å². The van der Waals surface area contributed by atoms with Crippen LogP contribution in [0, 0.1) is 0 Å². The lowest BCUT2D eigenvalue weighted by atomic mass is 10.5. The number of rotatable bonds is 0. The largest absolute Gasteiger partial charge is 0.477 e. The van der Waals surface area contributed by atoms with Gasteiger partial charge in [0.05, 0.1) is 6.20 Å². The van der Waals surface area contributed by atoms with Crippen LogP contribution in [0.5, 0.6) is 0 Å². The van der Waals surface area contributed by atoms with Gasteiger partial charge in [-0.15, -0.1) is 0 Å². The number of hydrogen-bond donors (Lipinski definition) is 0. The van der Waals surface area contributed by atoms with Crippen LogP contribution in [0.15, 0.2) is 17.5 Å². The van der Waals surface area contributed by atoms with E-state index in [1.807, 2.05) is 0 Å². The Morgan fingerprint density at radius 1 is 1.50 bits per heavy atom. The van der Waals surface area contributed by atoms with Crippen molar-refractivity contribution in [2.45, 2.75) is 0 Å². The zero-order valence-electron chi connectivity index (χ0n) is 5.19. The fourth-order valence-corrected chi connectivity index (χ4v) is 0.767. The Hall–Kier alpha value is -1.45. The van der Waals surface area contributed by atoms with Gasteiger partial charge in [-0.2, -0.15) is 0 Å². The van der Waals surface area contributed by atoms with Crippen molar-refractivity contribution in [3.8, 4) is 0 Å². The third-order valence-electron chi connectivity index (χ3n) is 1.23. The van der Waals surface area contributed by atoms with Crippen molar-refractivity contribution in [1.29, 1.82) is 0 Å². The Balaban J connectivity index is 2.84. The first kappa shape index (κ1) is 5.34. The van der Waals surface area contributed by atoms with Gasteiger partial charge in [-0.1, -0.05) is 0 Å². The topological polar surface area (TPSA) is 47.4 Å². The van der Waals surface area contributed by atoms with E-state index in [1.165, 1.54) is 6.33 Å². The molecule has 1 aliphatic rings. The predicted molar refractivity (Wildman–Crippen MR) is 33.2 cm³/mol. The molecular weight excluding hydrogens is 130 g/mol. The van der Waals surface area contributed by atoms with Crippen molar-refractivity contribution in [2.75, 3.05) is 6.73 Å². The Morgan fingerprint density at radius 3 is 3.40 bits per heavy atom. The third-order valence-corrected chi connectivity index (χ3v) is 1.23. The van der Waals surface area contributed by atoms with Gasteiger partial charge >= 0.3 is 0 Å². The third kappa shape index (κ3) is 0.737. The monoisotopic (exact) mass is 135 g/mol. The van der Waals surface area contributed by atoms with Gasteiger partial charge in [0.25, 0.3) is 0 Å². The summed E-state index contributed by atoms with van der Waals surface area (Å²) in [6.45, 7) is 0.375. The molecule has 2 rings (SSSR count). The number of fused-ring (bicyclic) bond motifs is 1. The first-order valence-corrected chi connectivity index (χ1v) is 2.89. The van der Waals surface area contributed by atoms with E-state index in [-0.39, 0.29) is 0 Å². The smallest absolute Gasteiger partial charge is 0.179 e. The second kappa shape index (κ2) is 2.06. The van der Waals surface area contributed by atoms with Gasteiger partial charge in [-0.05, 0) is 0 Å². The summed E-state index contributed by atoms with van der Waals surface area (Å²) in [5.41, 5.74) is 0. The van der Waals surface area contributed by atoms with Gasteiger partial charge in [0.15, 0.2) is 6.73 Å². The predicted octanol–water partition coefficient (Wildman–Crippen LogP) is -1.18. The highest BCUT2D eigenvalue weighted by Gasteiger charge is 1.92. The Kier molecular flexibility index (Phi) is 1.10. The lowest BCUT2D eigenvalue weighted by molar-refractivity contribution is 0.294. The standard InChI is InChI=1S/C6H5N3O/c1-5-6(8-3-7-1)2-10-4-9-5/h1-3H,4H2. The summed E-state index contributed by atoms with van der Waals surface area (Å²) in [5.74, 6) is 0. The number of hydrogen-bond acceptors (Lipinski definition) is 4. The quantitative estimate of drug-likeness (QED) is 0.450. The first-order valence-electron chi connectivity index (χ1n) is 2.89. The van der Waals surface area contributed by atoms with Crippen molar-refractivity contribution >= 4 is 6.26 Å². The maximum absolute atomic E-state index is 4.91. The summed E-state index contributed by atoms with van der Waals surface area (Å²) in [5, 5.41) is 1.55. The molecule has 0 N–H and O–H groups in total. The molecule has 0 atom stereocenters. The SMILES string of the molecule is C1=c2ncncc2=NCO1. The van der Waals surface area contributed by atoms with Crippen molar-refractivity contribution in [1.82, 2.24) is 9.97 Å². The maximum atomic E-state index is 4.91. The van der Waals surface area contributed by atoms with Crippen LogP contribution in [-0.4, -0.2) is 16.7 Å². The molecule has 1 aliphatic heterocycles. The van der Waals surface area contributed by atoms with Crippen molar-refractivity contribution in [3.05, 3.63) is 23.2 Å². The van der Waals surface area contributed by atoms with Gasteiger partial charge in [-0.3, -0.25) is 0 Å². The molecule has 0 bridgehead atoms. The van der Waals surface area contributed by atoms with E-state index in [1.54, 1.807) is 12.5 Å². The lowest BCUT2D eigenvalue weighted by Gasteiger charge is -1.98. The molecule has 0 unspecified atom stereocenters. The zero-order chi connectivity index (χ0) is 6.81. The molecule has 0 radical (unpaired) electrons. The molecular formula is C6H5N3O. The number of ether oxygens (including phenoxy) is 1. The zero-order valence-corrected chi connectivity index (χ0v) is 5.19. The second-order valence-corrected chi connectivity index (χ2v) is 1.86. The Labute approximate surface area is 56.9 Å². The Bertz CT molecular complexity index is 311. The molecule has 1 aromatic rings. The minimum atomic E-state index is 0.375. The summed E-state index contributed by atoms with van der Waals surface area (Å²) >= 11 is 0. The highest BCUT2D eigenvalue weighted by molar-refractivity contribution is 5.08. The summed E-state index contributed by atoms with van der Waals surface area (Å²) in [7, 11) is 0. The molecule has 0 spiro atoms. The Morgan fingerprint density at radius 2 is 2.50 bits per heavy atom. The fourth-order valence-electron chi connectivity index (χ4n) is 0.767. The van der Waals surface area contributed by atoms with Crippen LogP contribution in [0.4, 0.5) is 0 Å².